The van der Waals surface area contributed by atoms with Crippen LogP contribution in [0.1, 0.15) is 19.4 Å². The molecule has 1 rings (SSSR count). The minimum Gasteiger partial charge on any atom is -0.358 e. The summed E-state index contributed by atoms with van der Waals surface area (Å²) < 4.78 is 0. The lowest BCUT2D eigenvalue weighted by Gasteiger charge is -2.26. The molecule has 4 N–H and O–H groups in total. The van der Waals surface area contributed by atoms with Gasteiger partial charge < -0.3 is 16.4 Å². The Labute approximate surface area is 125 Å². The summed E-state index contributed by atoms with van der Waals surface area (Å²) in [4.78, 5) is 25.5. The molecule has 6 nitrogen and oxygen atoms in total. The van der Waals surface area contributed by atoms with E-state index in [0.717, 1.165) is 5.56 Å². The van der Waals surface area contributed by atoms with Gasteiger partial charge in [0, 0.05) is 19.3 Å². The molecule has 0 heterocycles. The van der Waals surface area contributed by atoms with Crippen molar-refractivity contribution < 1.29 is 9.59 Å². The lowest BCUT2D eigenvalue weighted by atomic mass is 10.2. The van der Waals surface area contributed by atoms with Gasteiger partial charge in [-0.25, -0.2) is 0 Å². The van der Waals surface area contributed by atoms with Crippen LogP contribution in [-0.2, 0) is 16.1 Å². The third-order valence-electron chi connectivity index (χ3n) is 3.39. The molecule has 1 aromatic rings. The average molecular weight is 292 g/mol. The van der Waals surface area contributed by atoms with Crippen molar-refractivity contribution in [2.24, 2.45) is 5.73 Å². The third-order valence-corrected chi connectivity index (χ3v) is 3.39. The summed E-state index contributed by atoms with van der Waals surface area (Å²) in [6.45, 7) is 4.95. The van der Waals surface area contributed by atoms with Crippen molar-refractivity contribution in [1.29, 1.82) is 0 Å². The second-order valence-corrected chi connectivity index (χ2v) is 4.81. The maximum atomic E-state index is 12.3. The summed E-state index contributed by atoms with van der Waals surface area (Å²) in [6.07, 6.45) is 0. The molecule has 0 spiro atoms. The highest BCUT2D eigenvalue weighted by molar-refractivity contribution is 5.95. The molecule has 21 heavy (non-hydrogen) atoms. The van der Waals surface area contributed by atoms with Crippen LogP contribution in [0.2, 0.25) is 0 Å². The molecule has 1 aromatic carbocycles. The molecule has 6 heteroatoms. The number of carbonyl (C=O) groups excluding carboxylic acids is 2. The Balaban J connectivity index is 2.69. The number of anilines is 1. The molecule has 0 bridgehead atoms. The third kappa shape index (κ3) is 5.17. The highest BCUT2D eigenvalue weighted by Crippen LogP contribution is 2.11. The van der Waals surface area contributed by atoms with Crippen molar-refractivity contribution in [3.05, 3.63) is 29.8 Å². The van der Waals surface area contributed by atoms with Crippen molar-refractivity contribution in [3.8, 4) is 0 Å². The number of likely N-dealkylation sites (N-methyl/N-ethyl adjacent to an activating group) is 2. The van der Waals surface area contributed by atoms with Crippen molar-refractivity contribution in [1.82, 2.24) is 10.2 Å². The fourth-order valence-corrected chi connectivity index (χ4v) is 1.97. The van der Waals surface area contributed by atoms with Gasteiger partial charge >= 0.3 is 0 Å². The predicted molar refractivity (Wildman–Crippen MR) is 83.7 cm³/mol. The number of nitrogens with zero attached hydrogens (tertiary/aromatic N) is 1. The summed E-state index contributed by atoms with van der Waals surface area (Å²) in [5, 5.41) is 5.42. The van der Waals surface area contributed by atoms with E-state index in [1.807, 2.05) is 31.2 Å². The zero-order valence-corrected chi connectivity index (χ0v) is 12.8. The number of nitrogens with two attached hydrogens (primary N) is 1. The van der Waals surface area contributed by atoms with Crippen LogP contribution in [0.5, 0.6) is 0 Å². The molecule has 0 aliphatic carbocycles. The standard InChI is InChI=1S/C15H24N4O2/c1-4-19(10-14(20)17-3)11(2)15(21)18-13-7-5-6-12(8-13)9-16/h5-8,11H,4,9-10,16H2,1-3H3,(H,17,20)(H,18,21). The number of benzene rings is 1. The molecule has 0 aromatic heterocycles. The molecular weight excluding hydrogens is 268 g/mol. The van der Waals surface area contributed by atoms with E-state index in [9.17, 15) is 9.59 Å². The lowest BCUT2D eigenvalue weighted by Crippen LogP contribution is -2.46. The van der Waals surface area contributed by atoms with Crippen molar-refractivity contribution in [2.45, 2.75) is 26.4 Å². The molecule has 0 fully saturated rings. The van der Waals surface area contributed by atoms with Crippen LogP contribution in [0.3, 0.4) is 0 Å². The van der Waals surface area contributed by atoms with Crippen LogP contribution < -0.4 is 16.4 Å². The van der Waals surface area contributed by atoms with E-state index < -0.39 is 6.04 Å². The Morgan fingerprint density at radius 1 is 1.38 bits per heavy atom. The fourth-order valence-electron chi connectivity index (χ4n) is 1.97. The maximum absolute atomic E-state index is 12.3. The topological polar surface area (TPSA) is 87.5 Å². The highest BCUT2D eigenvalue weighted by Gasteiger charge is 2.21. The number of nitrogens with one attached hydrogen (secondary N) is 2. The van der Waals surface area contributed by atoms with E-state index >= 15 is 0 Å². The van der Waals surface area contributed by atoms with Crippen LogP contribution in [-0.4, -0.2) is 42.9 Å². The lowest BCUT2D eigenvalue weighted by molar-refractivity contribution is -0.125. The largest absolute Gasteiger partial charge is 0.358 e. The van der Waals surface area contributed by atoms with Crippen LogP contribution in [0.25, 0.3) is 0 Å². The summed E-state index contributed by atoms with van der Waals surface area (Å²) in [5.74, 6) is -0.253. The van der Waals surface area contributed by atoms with Gasteiger partial charge in [0.1, 0.15) is 0 Å². The van der Waals surface area contributed by atoms with Gasteiger partial charge in [-0.2, -0.15) is 0 Å². The van der Waals surface area contributed by atoms with E-state index in [-0.39, 0.29) is 18.4 Å². The highest BCUT2D eigenvalue weighted by atomic mass is 16.2. The summed E-state index contributed by atoms with van der Waals surface area (Å²) in [5.41, 5.74) is 7.25. The Morgan fingerprint density at radius 3 is 2.67 bits per heavy atom. The van der Waals surface area contributed by atoms with E-state index in [1.54, 1.807) is 18.9 Å². The first-order valence-corrected chi connectivity index (χ1v) is 7.06. The molecule has 1 atom stereocenters. The summed E-state index contributed by atoms with van der Waals surface area (Å²) >= 11 is 0. The minimum absolute atomic E-state index is 0.110. The molecule has 116 valence electrons. The number of hydrogen-bond donors (Lipinski definition) is 3. The molecule has 0 radical (unpaired) electrons. The molecule has 0 saturated carbocycles. The maximum Gasteiger partial charge on any atom is 0.241 e. The van der Waals surface area contributed by atoms with Gasteiger partial charge in [-0.05, 0) is 31.2 Å². The SMILES string of the molecule is CCN(CC(=O)NC)C(C)C(=O)Nc1cccc(CN)c1. The van der Waals surface area contributed by atoms with Gasteiger partial charge in [-0.15, -0.1) is 0 Å². The van der Waals surface area contributed by atoms with Crippen molar-refractivity contribution in [2.75, 3.05) is 25.5 Å². The van der Waals surface area contributed by atoms with Gasteiger partial charge in [0.05, 0.1) is 12.6 Å². The van der Waals surface area contributed by atoms with E-state index in [4.69, 9.17) is 5.73 Å². The first-order valence-electron chi connectivity index (χ1n) is 7.06. The quantitative estimate of drug-likeness (QED) is 0.684. The van der Waals surface area contributed by atoms with Gasteiger partial charge in [-0.3, -0.25) is 14.5 Å². The van der Waals surface area contributed by atoms with Crippen LogP contribution in [0.15, 0.2) is 24.3 Å². The monoisotopic (exact) mass is 292 g/mol. The Bertz CT molecular complexity index is 490. The fraction of sp³-hybridized carbons (Fsp3) is 0.467. The minimum atomic E-state index is -0.395. The van der Waals surface area contributed by atoms with Crippen LogP contribution in [0.4, 0.5) is 5.69 Å². The predicted octanol–water partition coefficient (Wildman–Crippen LogP) is 0.540. The molecule has 0 saturated heterocycles. The molecule has 0 aliphatic heterocycles. The number of hydrogen-bond acceptors (Lipinski definition) is 4. The van der Waals surface area contributed by atoms with Gasteiger partial charge in [0.15, 0.2) is 0 Å². The normalized spacial score (nSPS) is 12.0. The molecule has 0 aliphatic rings. The van der Waals surface area contributed by atoms with Crippen LogP contribution in [0, 0.1) is 0 Å². The molecular formula is C15H24N4O2. The summed E-state index contributed by atoms with van der Waals surface area (Å²) in [6, 6.07) is 7.03. The van der Waals surface area contributed by atoms with Gasteiger partial charge in [0.2, 0.25) is 11.8 Å². The van der Waals surface area contributed by atoms with Gasteiger partial charge in [-0.1, -0.05) is 19.1 Å². The smallest absolute Gasteiger partial charge is 0.241 e. The first-order chi connectivity index (χ1) is 10.0. The zero-order chi connectivity index (χ0) is 15.8. The molecule has 1 unspecified atom stereocenters. The summed E-state index contributed by atoms with van der Waals surface area (Å²) in [7, 11) is 1.58. The second-order valence-electron chi connectivity index (χ2n) is 4.81. The first kappa shape index (κ1) is 17.1. The Kier molecular flexibility index (Phi) is 6.84. The number of carbonyl (C=O) groups is 2. The van der Waals surface area contributed by atoms with E-state index in [2.05, 4.69) is 10.6 Å². The number of amides is 2. The van der Waals surface area contributed by atoms with Gasteiger partial charge in [0.25, 0.3) is 0 Å². The number of rotatable bonds is 7. The Morgan fingerprint density at radius 2 is 2.10 bits per heavy atom. The zero-order valence-electron chi connectivity index (χ0n) is 12.8. The molecule has 2 amide bonds. The van der Waals surface area contributed by atoms with E-state index in [0.29, 0.717) is 18.8 Å². The van der Waals surface area contributed by atoms with E-state index in [1.165, 1.54) is 0 Å². The van der Waals surface area contributed by atoms with Crippen molar-refractivity contribution >= 4 is 17.5 Å². The van der Waals surface area contributed by atoms with Crippen molar-refractivity contribution in [3.63, 3.8) is 0 Å². The second kappa shape index (κ2) is 8.39. The average Bonchev–Trinajstić information content (AvgIpc) is 2.51. The van der Waals surface area contributed by atoms with Crippen LogP contribution >= 0.6 is 0 Å². The Hall–Kier alpha value is -1.92.